The lowest BCUT2D eigenvalue weighted by Gasteiger charge is -2.26. The van der Waals surface area contributed by atoms with Crippen LogP contribution in [0, 0.1) is 0 Å². The third kappa shape index (κ3) is 2.74. The molecule has 1 fully saturated rings. The SMILES string of the molecule is COCCC1OC(=O)Nc2cc3n[nH]c(C4CCOCC4)c3cc21. The number of rotatable bonds is 4. The average molecular weight is 331 g/mol. The van der Waals surface area contributed by atoms with Crippen LogP contribution in [0.15, 0.2) is 12.1 Å². The number of aromatic amines is 1. The second-order valence-corrected chi connectivity index (χ2v) is 6.28. The van der Waals surface area contributed by atoms with Gasteiger partial charge in [0.05, 0.1) is 17.8 Å². The molecule has 1 aromatic carbocycles. The van der Waals surface area contributed by atoms with E-state index in [0.717, 1.165) is 53.9 Å². The van der Waals surface area contributed by atoms with Crippen molar-refractivity contribution in [3.8, 4) is 0 Å². The Hall–Kier alpha value is -2.12. The molecule has 24 heavy (non-hydrogen) atoms. The third-order valence-corrected chi connectivity index (χ3v) is 4.80. The number of aromatic nitrogens is 2. The summed E-state index contributed by atoms with van der Waals surface area (Å²) in [5.74, 6) is 0.429. The number of carbonyl (C=O) groups excluding carboxylic acids is 1. The van der Waals surface area contributed by atoms with Gasteiger partial charge in [-0.1, -0.05) is 0 Å². The zero-order valence-electron chi connectivity index (χ0n) is 13.6. The number of anilines is 1. The summed E-state index contributed by atoms with van der Waals surface area (Å²) >= 11 is 0. The Balaban J connectivity index is 1.74. The van der Waals surface area contributed by atoms with Gasteiger partial charge in [-0.3, -0.25) is 10.4 Å². The zero-order valence-corrected chi connectivity index (χ0v) is 13.6. The minimum atomic E-state index is -0.428. The van der Waals surface area contributed by atoms with Gasteiger partial charge in [0.1, 0.15) is 6.10 Å². The summed E-state index contributed by atoms with van der Waals surface area (Å²) in [6.07, 6.45) is 1.90. The molecule has 1 atom stereocenters. The topological polar surface area (TPSA) is 85.5 Å². The minimum absolute atomic E-state index is 0.296. The summed E-state index contributed by atoms with van der Waals surface area (Å²) in [4.78, 5) is 11.8. The molecule has 0 aliphatic carbocycles. The molecule has 2 N–H and O–H groups in total. The first-order valence-corrected chi connectivity index (χ1v) is 8.32. The number of methoxy groups -OCH3 is 1. The van der Waals surface area contributed by atoms with Crippen molar-refractivity contribution in [3.05, 3.63) is 23.4 Å². The van der Waals surface area contributed by atoms with Gasteiger partial charge in [-0.2, -0.15) is 5.10 Å². The molecule has 2 aromatic rings. The number of cyclic esters (lactones) is 1. The van der Waals surface area contributed by atoms with Crippen molar-refractivity contribution >= 4 is 22.7 Å². The monoisotopic (exact) mass is 331 g/mol. The number of hydrogen-bond donors (Lipinski definition) is 2. The molecular formula is C17H21N3O4. The molecule has 0 radical (unpaired) electrons. The van der Waals surface area contributed by atoms with Gasteiger partial charge in [0, 0.05) is 49.3 Å². The summed E-state index contributed by atoms with van der Waals surface area (Å²) in [5, 5.41) is 11.5. The number of fused-ring (bicyclic) bond motifs is 2. The molecule has 4 rings (SSSR count). The molecule has 3 heterocycles. The van der Waals surface area contributed by atoms with Gasteiger partial charge in [0.25, 0.3) is 0 Å². The van der Waals surface area contributed by atoms with Crippen LogP contribution < -0.4 is 5.32 Å². The largest absolute Gasteiger partial charge is 0.441 e. The van der Waals surface area contributed by atoms with Crippen LogP contribution in [0.25, 0.3) is 10.9 Å². The number of carbonyl (C=O) groups is 1. The molecule has 0 bridgehead atoms. The first-order valence-electron chi connectivity index (χ1n) is 8.32. The zero-order chi connectivity index (χ0) is 16.5. The fourth-order valence-corrected chi connectivity index (χ4v) is 3.54. The highest BCUT2D eigenvalue weighted by molar-refractivity contribution is 5.94. The lowest BCUT2D eigenvalue weighted by molar-refractivity contribution is 0.0770. The van der Waals surface area contributed by atoms with E-state index in [1.165, 1.54) is 0 Å². The Morgan fingerprint density at radius 1 is 1.33 bits per heavy atom. The predicted molar refractivity (Wildman–Crippen MR) is 88.2 cm³/mol. The molecule has 1 amide bonds. The lowest BCUT2D eigenvalue weighted by atomic mass is 9.92. The van der Waals surface area contributed by atoms with E-state index in [1.807, 2.05) is 6.07 Å². The van der Waals surface area contributed by atoms with E-state index in [4.69, 9.17) is 14.2 Å². The maximum Gasteiger partial charge on any atom is 0.412 e. The molecule has 0 spiro atoms. The van der Waals surface area contributed by atoms with E-state index < -0.39 is 6.09 Å². The molecule has 1 unspecified atom stereocenters. The van der Waals surface area contributed by atoms with Gasteiger partial charge in [-0.25, -0.2) is 4.79 Å². The Bertz CT molecular complexity index is 752. The van der Waals surface area contributed by atoms with Crippen molar-refractivity contribution in [1.82, 2.24) is 10.2 Å². The van der Waals surface area contributed by atoms with E-state index in [9.17, 15) is 4.79 Å². The molecule has 2 aliphatic heterocycles. The number of nitrogens with one attached hydrogen (secondary N) is 2. The highest BCUT2D eigenvalue weighted by atomic mass is 16.6. The Morgan fingerprint density at radius 2 is 2.17 bits per heavy atom. The molecule has 2 aliphatic rings. The van der Waals surface area contributed by atoms with Crippen molar-refractivity contribution in [2.75, 3.05) is 32.2 Å². The highest BCUT2D eigenvalue weighted by Crippen LogP contribution is 2.38. The van der Waals surface area contributed by atoms with E-state index in [0.29, 0.717) is 18.9 Å². The second-order valence-electron chi connectivity index (χ2n) is 6.28. The van der Waals surface area contributed by atoms with Crippen molar-refractivity contribution in [1.29, 1.82) is 0 Å². The van der Waals surface area contributed by atoms with Gasteiger partial charge in [-0.15, -0.1) is 0 Å². The molecule has 1 aromatic heterocycles. The van der Waals surface area contributed by atoms with Crippen LogP contribution in [0.4, 0.5) is 10.5 Å². The first kappa shape index (κ1) is 15.4. The fourth-order valence-electron chi connectivity index (χ4n) is 3.54. The number of nitrogens with zero attached hydrogens (tertiary/aromatic N) is 1. The molecule has 1 saturated heterocycles. The van der Waals surface area contributed by atoms with Crippen LogP contribution in [0.1, 0.15) is 42.5 Å². The lowest BCUT2D eigenvalue weighted by Crippen LogP contribution is -2.25. The van der Waals surface area contributed by atoms with E-state index >= 15 is 0 Å². The average Bonchev–Trinajstić information content (AvgIpc) is 3.01. The first-order chi connectivity index (χ1) is 11.8. The van der Waals surface area contributed by atoms with E-state index in [2.05, 4.69) is 21.6 Å². The highest BCUT2D eigenvalue weighted by Gasteiger charge is 2.28. The normalized spacial score (nSPS) is 21.4. The van der Waals surface area contributed by atoms with Crippen molar-refractivity contribution in [3.63, 3.8) is 0 Å². The Kier molecular flexibility index (Phi) is 4.12. The summed E-state index contributed by atoms with van der Waals surface area (Å²) in [6, 6.07) is 4.02. The molecular weight excluding hydrogens is 310 g/mol. The van der Waals surface area contributed by atoms with E-state index in [1.54, 1.807) is 7.11 Å². The van der Waals surface area contributed by atoms with Gasteiger partial charge in [0.2, 0.25) is 0 Å². The fraction of sp³-hybridized carbons (Fsp3) is 0.529. The number of amides is 1. The van der Waals surface area contributed by atoms with Crippen LogP contribution >= 0.6 is 0 Å². The Labute approximate surface area is 139 Å². The maximum atomic E-state index is 11.8. The Morgan fingerprint density at radius 3 is 2.96 bits per heavy atom. The van der Waals surface area contributed by atoms with Crippen LogP contribution in [0.5, 0.6) is 0 Å². The van der Waals surface area contributed by atoms with E-state index in [-0.39, 0.29) is 6.10 Å². The summed E-state index contributed by atoms with van der Waals surface area (Å²) in [5.41, 5.74) is 3.76. The van der Waals surface area contributed by atoms with Gasteiger partial charge in [-0.05, 0) is 25.0 Å². The van der Waals surface area contributed by atoms with Gasteiger partial charge < -0.3 is 14.2 Å². The van der Waals surface area contributed by atoms with Crippen LogP contribution in [0.2, 0.25) is 0 Å². The standard InChI is InChI=1S/C17H21N3O4/c1-22-5-4-15-11-8-12-14(9-13(11)18-17(21)24-15)19-20-16(12)10-2-6-23-7-3-10/h8-10,15H,2-7H2,1H3,(H,18,21)(H,19,20). The molecule has 7 nitrogen and oxygen atoms in total. The molecule has 7 heteroatoms. The second kappa shape index (κ2) is 6.41. The number of ether oxygens (including phenoxy) is 3. The molecule has 0 saturated carbocycles. The number of H-pyrrole nitrogens is 1. The van der Waals surface area contributed by atoms with Crippen LogP contribution in [-0.2, 0) is 14.2 Å². The summed E-state index contributed by atoms with van der Waals surface area (Å²) in [7, 11) is 1.65. The molecule has 128 valence electrons. The summed E-state index contributed by atoms with van der Waals surface area (Å²) in [6.45, 7) is 2.10. The minimum Gasteiger partial charge on any atom is -0.441 e. The van der Waals surface area contributed by atoms with Crippen molar-refractivity contribution < 1.29 is 19.0 Å². The van der Waals surface area contributed by atoms with Gasteiger partial charge >= 0.3 is 6.09 Å². The summed E-state index contributed by atoms with van der Waals surface area (Å²) < 4.78 is 16.0. The third-order valence-electron chi connectivity index (χ3n) is 4.80. The predicted octanol–water partition coefficient (Wildman–Crippen LogP) is 3.10. The quantitative estimate of drug-likeness (QED) is 0.899. The van der Waals surface area contributed by atoms with Gasteiger partial charge in [0.15, 0.2) is 0 Å². The maximum absolute atomic E-state index is 11.8. The van der Waals surface area contributed by atoms with Crippen molar-refractivity contribution in [2.45, 2.75) is 31.3 Å². The van der Waals surface area contributed by atoms with Crippen molar-refractivity contribution in [2.24, 2.45) is 0 Å². The van der Waals surface area contributed by atoms with Crippen LogP contribution in [0.3, 0.4) is 0 Å². The number of hydrogen-bond acceptors (Lipinski definition) is 5. The van der Waals surface area contributed by atoms with Crippen LogP contribution in [-0.4, -0.2) is 43.2 Å². The number of benzene rings is 1. The smallest absolute Gasteiger partial charge is 0.412 e.